The van der Waals surface area contributed by atoms with Crippen molar-refractivity contribution in [2.75, 3.05) is 6.54 Å². The van der Waals surface area contributed by atoms with Crippen molar-refractivity contribution in [3.8, 4) is 0 Å². The van der Waals surface area contributed by atoms with Crippen LogP contribution >= 0.6 is 0 Å². The van der Waals surface area contributed by atoms with E-state index < -0.39 is 35.8 Å². The molecule has 0 fully saturated rings. The summed E-state index contributed by atoms with van der Waals surface area (Å²) in [4.78, 5) is 43.8. The first-order valence-electron chi connectivity index (χ1n) is 5.57. The third-order valence-electron chi connectivity index (χ3n) is 2.15. The van der Waals surface area contributed by atoms with Gasteiger partial charge < -0.3 is 27.2 Å². The van der Waals surface area contributed by atoms with Crippen molar-refractivity contribution >= 4 is 23.7 Å². The molecule has 3 amide bonds. The van der Waals surface area contributed by atoms with E-state index >= 15 is 0 Å². The second-order valence-electron chi connectivity index (χ2n) is 3.97. The van der Waals surface area contributed by atoms with E-state index in [-0.39, 0.29) is 19.4 Å². The topological polar surface area (TPSA) is 165 Å². The fraction of sp³-hybridized carbons (Fsp3) is 0.600. The van der Waals surface area contributed by atoms with Crippen LogP contribution in [0.3, 0.4) is 0 Å². The van der Waals surface area contributed by atoms with Crippen LogP contribution in [-0.4, -0.2) is 47.4 Å². The Morgan fingerprint density at radius 2 is 1.84 bits per heavy atom. The highest BCUT2D eigenvalue weighted by Gasteiger charge is 2.20. The molecule has 108 valence electrons. The van der Waals surface area contributed by atoms with E-state index in [1.165, 1.54) is 6.92 Å². The highest BCUT2D eigenvalue weighted by molar-refractivity contribution is 5.89. The lowest BCUT2D eigenvalue weighted by molar-refractivity contribution is -0.142. The molecule has 0 aromatic carbocycles. The summed E-state index contributed by atoms with van der Waals surface area (Å²) in [6.45, 7) is 1.06. The second-order valence-corrected chi connectivity index (χ2v) is 3.97. The number of carbonyl (C=O) groups excluding carboxylic acids is 3. The second kappa shape index (κ2) is 8.03. The molecule has 0 spiro atoms. The van der Waals surface area contributed by atoms with Crippen LogP contribution in [-0.2, 0) is 19.2 Å². The number of amides is 3. The van der Waals surface area contributed by atoms with E-state index in [0.717, 1.165) is 0 Å². The van der Waals surface area contributed by atoms with Crippen molar-refractivity contribution in [3.05, 3.63) is 0 Å². The maximum atomic E-state index is 11.4. The molecule has 0 saturated heterocycles. The number of hydrogen-bond donors (Lipinski definition) is 5. The molecule has 0 aliphatic carbocycles. The van der Waals surface area contributed by atoms with Crippen molar-refractivity contribution < 1.29 is 24.3 Å². The van der Waals surface area contributed by atoms with Crippen LogP contribution in [0.2, 0.25) is 0 Å². The zero-order valence-corrected chi connectivity index (χ0v) is 10.5. The maximum Gasteiger partial charge on any atom is 0.326 e. The molecule has 9 nitrogen and oxygen atoms in total. The van der Waals surface area contributed by atoms with Gasteiger partial charge >= 0.3 is 5.97 Å². The van der Waals surface area contributed by atoms with Gasteiger partial charge in [0.25, 0.3) is 0 Å². The normalized spacial score (nSPS) is 13.2. The Labute approximate surface area is 109 Å². The zero-order chi connectivity index (χ0) is 15.0. The quantitative estimate of drug-likeness (QED) is 0.322. The Morgan fingerprint density at radius 1 is 1.26 bits per heavy atom. The third kappa shape index (κ3) is 7.71. The van der Waals surface area contributed by atoms with Gasteiger partial charge in [-0.3, -0.25) is 14.4 Å². The van der Waals surface area contributed by atoms with Gasteiger partial charge in [0.15, 0.2) is 0 Å². The molecule has 0 saturated carbocycles. The standard InChI is InChI=1S/C10H18N4O5/c1-5(11)9(17)13-4-8(16)14-6(10(18)19)2-3-7(12)15/h5-6H,2-4,11H2,1H3,(H2,12,15)(H,13,17)(H,14,16)(H,18,19). The molecular weight excluding hydrogens is 256 g/mol. The minimum Gasteiger partial charge on any atom is -0.480 e. The number of carbonyl (C=O) groups is 4. The first-order valence-corrected chi connectivity index (χ1v) is 5.57. The molecule has 0 heterocycles. The minimum atomic E-state index is -1.28. The summed E-state index contributed by atoms with van der Waals surface area (Å²) in [5.74, 6) is -3.16. The maximum absolute atomic E-state index is 11.4. The molecule has 2 atom stereocenters. The van der Waals surface area contributed by atoms with E-state index in [1.54, 1.807) is 0 Å². The van der Waals surface area contributed by atoms with Gasteiger partial charge in [-0.25, -0.2) is 4.79 Å². The molecular formula is C10H18N4O5. The van der Waals surface area contributed by atoms with Crippen molar-refractivity contribution in [2.45, 2.75) is 31.8 Å². The molecule has 0 aromatic rings. The molecule has 0 bridgehead atoms. The molecule has 2 unspecified atom stereocenters. The van der Waals surface area contributed by atoms with Crippen molar-refractivity contribution in [1.29, 1.82) is 0 Å². The average molecular weight is 274 g/mol. The number of hydrogen-bond acceptors (Lipinski definition) is 5. The van der Waals surface area contributed by atoms with E-state index in [9.17, 15) is 19.2 Å². The number of rotatable bonds is 8. The Morgan fingerprint density at radius 3 is 2.26 bits per heavy atom. The van der Waals surface area contributed by atoms with Gasteiger partial charge in [0.2, 0.25) is 17.7 Å². The van der Waals surface area contributed by atoms with Gasteiger partial charge in [0, 0.05) is 6.42 Å². The van der Waals surface area contributed by atoms with E-state index in [4.69, 9.17) is 16.6 Å². The van der Waals surface area contributed by atoms with E-state index in [2.05, 4.69) is 10.6 Å². The van der Waals surface area contributed by atoms with E-state index in [1.807, 2.05) is 0 Å². The lowest BCUT2D eigenvalue weighted by atomic mass is 10.1. The SMILES string of the molecule is CC(N)C(=O)NCC(=O)NC(CCC(N)=O)C(=O)O. The van der Waals surface area contributed by atoms with Crippen LogP contribution in [0, 0.1) is 0 Å². The number of primary amides is 1. The third-order valence-corrected chi connectivity index (χ3v) is 2.15. The predicted molar refractivity (Wildman–Crippen MR) is 64.7 cm³/mol. The molecule has 0 aliphatic rings. The highest BCUT2D eigenvalue weighted by atomic mass is 16.4. The Kier molecular flexibility index (Phi) is 7.12. The minimum absolute atomic E-state index is 0.113. The summed E-state index contributed by atoms with van der Waals surface area (Å²) in [6.07, 6.45) is -0.277. The zero-order valence-electron chi connectivity index (χ0n) is 10.5. The summed E-state index contributed by atoms with van der Waals surface area (Å²) in [7, 11) is 0. The Hall–Kier alpha value is -2.16. The van der Waals surface area contributed by atoms with Crippen LogP contribution in [0.1, 0.15) is 19.8 Å². The van der Waals surface area contributed by atoms with Gasteiger partial charge in [0.1, 0.15) is 6.04 Å². The van der Waals surface area contributed by atoms with Crippen molar-refractivity contribution in [2.24, 2.45) is 11.5 Å². The summed E-state index contributed by atoms with van der Waals surface area (Å²) in [5, 5.41) is 13.2. The number of carboxylic acids is 1. The fourth-order valence-corrected chi connectivity index (χ4v) is 1.12. The number of aliphatic carboxylic acids is 1. The molecule has 19 heavy (non-hydrogen) atoms. The van der Waals surface area contributed by atoms with Crippen LogP contribution in [0.25, 0.3) is 0 Å². The molecule has 0 aliphatic heterocycles. The highest BCUT2D eigenvalue weighted by Crippen LogP contribution is 1.97. The summed E-state index contributed by atoms with van der Waals surface area (Å²) in [5.41, 5.74) is 10.2. The smallest absolute Gasteiger partial charge is 0.326 e. The largest absolute Gasteiger partial charge is 0.480 e. The number of nitrogens with one attached hydrogen (secondary N) is 2. The van der Waals surface area contributed by atoms with Crippen molar-refractivity contribution in [3.63, 3.8) is 0 Å². The van der Waals surface area contributed by atoms with Gasteiger partial charge in [-0.15, -0.1) is 0 Å². The lowest BCUT2D eigenvalue weighted by Crippen LogP contribution is -2.48. The van der Waals surface area contributed by atoms with Gasteiger partial charge in [-0.1, -0.05) is 0 Å². The molecule has 0 radical (unpaired) electrons. The first-order chi connectivity index (χ1) is 8.73. The van der Waals surface area contributed by atoms with Crippen LogP contribution < -0.4 is 22.1 Å². The van der Waals surface area contributed by atoms with Gasteiger partial charge in [0.05, 0.1) is 12.6 Å². The molecule has 7 N–H and O–H groups in total. The Bertz CT molecular complexity index is 369. The molecule has 0 aromatic heterocycles. The summed E-state index contributed by atoms with van der Waals surface area (Å²) >= 11 is 0. The van der Waals surface area contributed by atoms with Crippen molar-refractivity contribution in [1.82, 2.24) is 10.6 Å². The van der Waals surface area contributed by atoms with Gasteiger partial charge in [-0.2, -0.15) is 0 Å². The average Bonchev–Trinajstić information content (AvgIpc) is 2.30. The monoisotopic (exact) mass is 274 g/mol. The van der Waals surface area contributed by atoms with Crippen LogP contribution in [0.15, 0.2) is 0 Å². The summed E-state index contributed by atoms with van der Waals surface area (Å²) in [6, 6.07) is -2.00. The summed E-state index contributed by atoms with van der Waals surface area (Å²) < 4.78 is 0. The lowest BCUT2D eigenvalue weighted by Gasteiger charge is -2.14. The van der Waals surface area contributed by atoms with E-state index in [0.29, 0.717) is 0 Å². The molecule has 9 heteroatoms. The Balaban J connectivity index is 4.21. The fourth-order valence-electron chi connectivity index (χ4n) is 1.12. The number of carboxylic acid groups (broad SMARTS) is 1. The predicted octanol–water partition coefficient (Wildman–Crippen LogP) is -2.72. The first kappa shape index (κ1) is 16.8. The van der Waals surface area contributed by atoms with Gasteiger partial charge in [-0.05, 0) is 13.3 Å². The number of nitrogens with two attached hydrogens (primary N) is 2. The van der Waals surface area contributed by atoms with Crippen LogP contribution in [0.4, 0.5) is 0 Å². The molecule has 0 rings (SSSR count). The van der Waals surface area contributed by atoms with Crippen LogP contribution in [0.5, 0.6) is 0 Å².